The van der Waals surface area contributed by atoms with Gasteiger partial charge >= 0.3 is 0 Å². The molecule has 0 fully saturated rings. The third-order valence-electron chi connectivity index (χ3n) is 2.19. The van der Waals surface area contributed by atoms with Crippen LogP contribution in [0.3, 0.4) is 0 Å². The van der Waals surface area contributed by atoms with Crippen molar-refractivity contribution in [2.75, 3.05) is 0 Å². The van der Waals surface area contributed by atoms with Gasteiger partial charge in [-0.05, 0) is 13.8 Å². The largest absolute Gasteiger partial charge is 0.391 e. The first-order chi connectivity index (χ1) is 7.09. The number of aryl methyl sites for hydroxylation is 1. The second kappa shape index (κ2) is 3.75. The minimum Gasteiger partial charge on any atom is -0.391 e. The molecule has 0 aliphatic heterocycles. The Bertz CT molecular complexity index is 494. The number of aliphatic hydroxyl groups is 1. The highest BCUT2D eigenvalue weighted by Crippen LogP contribution is 2.20. The number of fused-ring (bicyclic) bond motifs is 1. The van der Waals surface area contributed by atoms with E-state index in [9.17, 15) is 5.11 Å². The van der Waals surface area contributed by atoms with Crippen LogP contribution >= 0.6 is 11.6 Å². The van der Waals surface area contributed by atoms with E-state index in [0.29, 0.717) is 17.3 Å². The fraction of sp³-hybridized carbons (Fsp3) is 0.444. The minimum atomic E-state index is -0.467. The Morgan fingerprint density at radius 1 is 1.53 bits per heavy atom. The first kappa shape index (κ1) is 10.3. The summed E-state index contributed by atoms with van der Waals surface area (Å²) in [6.07, 6.45) is 1.22. The Labute approximate surface area is 91.7 Å². The van der Waals surface area contributed by atoms with E-state index >= 15 is 0 Å². The quantitative estimate of drug-likeness (QED) is 0.835. The molecule has 2 aromatic heterocycles. The molecular weight excluding hydrogens is 216 g/mol. The van der Waals surface area contributed by atoms with Crippen molar-refractivity contribution in [2.45, 2.75) is 26.5 Å². The standard InChI is InChI=1S/C9H11ClN4O/c1-5(15)4-14-9-7(3-11-14)6(2)8(10)12-13-9/h3,5,15H,4H2,1-2H3/t5-/m1/s1. The topological polar surface area (TPSA) is 63.8 Å². The molecule has 1 atom stereocenters. The van der Waals surface area contributed by atoms with Gasteiger partial charge in [0.2, 0.25) is 0 Å². The number of aromatic nitrogens is 4. The predicted octanol–water partition coefficient (Wildman–Crippen LogP) is 1.17. The Morgan fingerprint density at radius 3 is 2.93 bits per heavy atom. The van der Waals surface area contributed by atoms with Gasteiger partial charge in [-0.2, -0.15) is 5.10 Å². The summed E-state index contributed by atoms with van der Waals surface area (Å²) in [7, 11) is 0. The average molecular weight is 227 g/mol. The van der Waals surface area contributed by atoms with Crippen LogP contribution in [0.5, 0.6) is 0 Å². The number of rotatable bonds is 2. The lowest BCUT2D eigenvalue weighted by Crippen LogP contribution is -2.13. The summed E-state index contributed by atoms with van der Waals surface area (Å²) in [4.78, 5) is 0. The Morgan fingerprint density at radius 2 is 2.27 bits per heavy atom. The van der Waals surface area contributed by atoms with Crippen LogP contribution in [0.15, 0.2) is 6.20 Å². The van der Waals surface area contributed by atoms with Gasteiger partial charge in [0.05, 0.1) is 18.8 Å². The highest BCUT2D eigenvalue weighted by atomic mass is 35.5. The molecule has 2 heterocycles. The van der Waals surface area contributed by atoms with Crippen LogP contribution in [0.2, 0.25) is 5.15 Å². The maximum Gasteiger partial charge on any atom is 0.180 e. The molecular formula is C9H11ClN4O. The molecule has 6 heteroatoms. The number of hydrogen-bond donors (Lipinski definition) is 1. The Kier molecular flexibility index (Phi) is 2.58. The highest BCUT2D eigenvalue weighted by molar-refractivity contribution is 6.30. The summed E-state index contributed by atoms with van der Waals surface area (Å²) >= 11 is 5.84. The van der Waals surface area contributed by atoms with E-state index in [1.165, 1.54) is 0 Å². The van der Waals surface area contributed by atoms with Gasteiger partial charge < -0.3 is 5.11 Å². The van der Waals surface area contributed by atoms with Crippen molar-refractivity contribution in [3.63, 3.8) is 0 Å². The van der Waals surface area contributed by atoms with Crippen molar-refractivity contribution < 1.29 is 5.11 Å². The maximum atomic E-state index is 9.27. The summed E-state index contributed by atoms with van der Waals surface area (Å²) in [5.74, 6) is 0. The van der Waals surface area contributed by atoms with Crippen molar-refractivity contribution in [3.8, 4) is 0 Å². The summed E-state index contributed by atoms with van der Waals surface area (Å²) in [5.41, 5.74) is 1.51. The zero-order valence-electron chi connectivity index (χ0n) is 8.48. The lowest BCUT2D eigenvalue weighted by Gasteiger charge is -2.04. The lowest BCUT2D eigenvalue weighted by molar-refractivity contribution is 0.170. The zero-order chi connectivity index (χ0) is 11.0. The van der Waals surface area contributed by atoms with Crippen LogP contribution in [-0.4, -0.2) is 31.2 Å². The normalized spacial score (nSPS) is 13.3. The van der Waals surface area contributed by atoms with E-state index in [1.54, 1.807) is 17.8 Å². The lowest BCUT2D eigenvalue weighted by atomic mass is 10.2. The van der Waals surface area contributed by atoms with Gasteiger partial charge in [-0.3, -0.25) is 0 Å². The third-order valence-corrected chi connectivity index (χ3v) is 2.55. The Balaban J connectivity index is 2.57. The van der Waals surface area contributed by atoms with E-state index in [4.69, 9.17) is 11.6 Å². The molecule has 0 aliphatic carbocycles. The highest BCUT2D eigenvalue weighted by Gasteiger charge is 2.11. The predicted molar refractivity (Wildman–Crippen MR) is 56.8 cm³/mol. The molecule has 1 N–H and O–H groups in total. The molecule has 15 heavy (non-hydrogen) atoms. The van der Waals surface area contributed by atoms with Crippen LogP contribution in [0.25, 0.3) is 11.0 Å². The van der Waals surface area contributed by atoms with E-state index in [0.717, 1.165) is 10.9 Å². The van der Waals surface area contributed by atoms with Gasteiger partial charge in [-0.15, -0.1) is 10.2 Å². The summed E-state index contributed by atoms with van der Waals surface area (Å²) in [6.45, 7) is 3.97. The number of nitrogens with zero attached hydrogens (tertiary/aromatic N) is 4. The van der Waals surface area contributed by atoms with Gasteiger partial charge in [0.25, 0.3) is 0 Å². The van der Waals surface area contributed by atoms with E-state index in [-0.39, 0.29) is 0 Å². The van der Waals surface area contributed by atoms with E-state index < -0.39 is 6.10 Å². The maximum absolute atomic E-state index is 9.27. The molecule has 0 aliphatic rings. The van der Waals surface area contributed by atoms with Gasteiger partial charge in [-0.1, -0.05) is 11.6 Å². The second-order valence-electron chi connectivity index (χ2n) is 3.53. The third kappa shape index (κ3) is 1.80. The minimum absolute atomic E-state index is 0.388. The van der Waals surface area contributed by atoms with Gasteiger partial charge in [0.15, 0.2) is 10.8 Å². The first-order valence-corrected chi connectivity index (χ1v) is 4.99. The molecule has 2 rings (SSSR count). The SMILES string of the molecule is Cc1c(Cl)nnc2c1cnn2C[C@@H](C)O. The summed E-state index contributed by atoms with van der Waals surface area (Å²) < 4.78 is 1.62. The van der Waals surface area contributed by atoms with Gasteiger partial charge in [-0.25, -0.2) is 4.68 Å². The molecule has 0 saturated heterocycles. The fourth-order valence-corrected chi connectivity index (χ4v) is 1.55. The molecule has 0 aromatic carbocycles. The molecule has 0 saturated carbocycles. The van der Waals surface area contributed by atoms with Crippen molar-refractivity contribution in [1.29, 1.82) is 0 Å². The second-order valence-corrected chi connectivity index (χ2v) is 3.89. The van der Waals surface area contributed by atoms with Crippen LogP contribution in [0, 0.1) is 6.92 Å². The zero-order valence-corrected chi connectivity index (χ0v) is 9.23. The summed E-state index contributed by atoms with van der Waals surface area (Å²) in [6, 6.07) is 0. The van der Waals surface area contributed by atoms with Crippen LogP contribution in [0.4, 0.5) is 0 Å². The van der Waals surface area contributed by atoms with E-state index in [2.05, 4.69) is 15.3 Å². The van der Waals surface area contributed by atoms with Crippen LogP contribution in [0.1, 0.15) is 12.5 Å². The average Bonchev–Trinajstić information content (AvgIpc) is 2.55. The van der Waals surface area contributed by atoms with E-state index in [1.807, 2.05) is 6.92 Å². The number of hydrogen-bond acceptors (Lipinski definition) is 4. The molecule has 0 bridgehead atoms. The smallest absolute Gasteiger partial charge is 0.180 e. The molecule has 5 nitrogen and oxygen atoms in total. The fourth-order valence-electron chi connectivity index (χ4n) is 1.41. The Hall–Kier alpha value is -1.20. The van der Waals surface area contributed by atoms with Gasteiger partial charge in [0.1, 0.15) is 0 Å². The summed E-state index contributed by atoms with van der Waals surface area (Å²) in [5, 5.41) is 22.4. The van der Waals surface area contributed by atoms with Crippen LogP contribution in [-0.2, 0) is 6.54 Å². The number of halogens is 1. The van der Waals surface area contributed by atoms with Crippen molar-refractivity contribution in [2.24, 2.45) is 0 Å². The van der Waals surface area contributed by atoms with Crippen molar-refractivity contribution >= 4 is 22.6 Å². The molecule has 0 amide bonds. The molecule has 0 radical (unpaired) electrons. The molecule has 2 aromatic rings. The first-order valence-electron chi connectivity index (χ1n) is 4.62. The van der Waals surface area contributed by atoms with Crippen molar-refractivity contribution in [3.05, 3.63) is 16.9 Å². The molecule has 0 spiro atoms. The number of aliphatic hydroxyl groups excluding tert-OH is 1. The van der Waals surface area contributed by atoms with Crippen LogP contribution < -0.4 is 0 Å². The monoisotopic (exact) mass is 226 g/mol. The van der Waals surface area contributed by atoms with Gasteiger partial charge in [0, 0.05) is 10.9 Å². The molecule has 80 valence electrons. The van der Waals surface area contributed by atoms with Crippen molar-refractivity contribution in [1.82, 2.24) is 20.0 Å². The molecule has 0 unspecified atom stereocenters.